The fourth-order valence-corrected chi connectivity index (χ4v) is 3.79. The maximum absolute atomic E-state index is 12.7. The van der Waals surface area contributed by atoms with Crippen LogP contribution in [0.2, 0.25) is 0 Å². The largest absolute Gasteiger partial charge is 0.396 e. The summed E-state index contributed by atoms with van der Waals surface area (Å²) in [7, 11) is 0. The summed E-state index contributed by atoms with van der Waals surface area (Å²) in [6.07, 6.45) is 3.83. The van der Waals surface area contributed by atoms with Gasteiger partial charge in [-0.2, -0.15) is 0 Å². The Kier molecular flexibility index (Phi) is 4.07. The fraction of sp³-hybridized carbons (Fsp3) is 0.467. The van der Waals surface area contributed by atoms with Crippen molar-refractivity contribution >= 4 is 33.1 Å². The average molecular weight is 305 g/mol. The van der Waals surface area contributed by atoms with Gasteiger partial charge in [0.2, 0.25) is 0 Å². The molecule has 0 radical (unpaired) electrons. The molecule has 1 fully saturated rings. The Hall–Kier alpha value is -1.66. The lowest BCUT2D eigenvalue weighted by Crippen LogP contribution is -2.43. The van der Waals surface area contributed by atoms with Gasteiger partial charge in [0.1, 0.15) is 10.4 Å². The van der Waals surface area contributed by atoms with Crippen molar-refractivity contribution in [3.8, 4) is 0 Å². The van der Waals surface area contributed by atoms with Gasteiger partial charge in [0.05, 0.1) is 16.5 Å². The van der Waals surface area contributed by atoms with Crippen LogP contribution in [0.5, 0.6) is 0 Å². The number of nitrogen functional groups attached to an aromatic ring is 1. The number of nitrogens with two attached hydrogens (primary N) is 1. The highest BCUT2D eigenvalue weighted by molar-refractivity contribution is 7.21. The van der Waals surface area contributed by atoms with E-state index in [1.165, 1.54) is 11.3 Å². The minimum Gasteiger partial charge on any atom is -0.396 e. The van der Waals surface area contributed by atoms with Crippen molar-refractivity contribution < 1.29 is 9.53 Å². The van der Waals surface area contributed by atoms with Gasteiger partial charge in [0, 0.05) is 25.9 Å². The van der Waals surface area contributed by atoms with E-state index in [1.54, 1.807) is 6.20 Å². The summed E-state index contributed by atoms with van der Waals surface area (Å²) in [5.41, 5.74) is 7.33. The molecule has 0 aliphatic carbocycles. The van der Waals surface area contributed by atoms with E-state index in [9.17, 15) is 4.79 Å². The first-order valence-electron chi connectivity index (χ1n) is 7.24. The molecule has 2 aromatic rings. The van der Waals surface area contributed by atoms with E-state index in [-0.39, 0.29) is 12.0 Å². The number of aromatic nitrogens is 1. The molecule has 1 amide bonds. The Morgan fingerprint density at radius 2 is 2.48 bits per heavy atom. The van der Waals surface area contributed by atoms with E-state index in [1.807, 2.05) is 24.0 Å². The lowest BCUT2D eigenvalue weighted by atomic mass is 10.1. The molecule has 3 rings (SSSR count). The van der Waals surface area contributed by atoms with Crippen LogP contribution in [0.1, 0.15) is 29.4 Å². The number of carbonyl (C=O) groups is 1. The first kappa shape index (κ1) is 14.3. The van der Waals surface area contributed by atoms with Crippen molar-refractivity contribution in [3.63, 3.8) is 0 Å². The molecule has 2 N–H and O–H groups in total. The van der Waals surface area contributed by atoms with Crippen molar-refractivity contribution in [3.05, 3.63) is 23.2 Å². The van der Waals surface area contributed by atoms with Gasteiger partial charge in [0.15, 0.2) is 0 Å². The summed E-state index contributed by atoms with van der Waals surface area (Å²) in [5, 5.41) is 0. The predicted octanol–water partition coefficient (Wildman–Crippen LogP) is 2.52. The summed E-state index contributed by atoms with van der Waals surface area (Å²) in [6, 6.07) is 3.80. The van der Waals surface area contributed by atoms with Crippen LogP contribution >= 0.6 is 11.3 Å². The molecule has 0 bridgehead atoms. The zero-order valence-corrected chi connectivity index (χ0v) is 12.9. The average Bonchev–Trinajstić information content (AvgIpc) is 2.85. The van der Waals surface area contributed by atoms with Crippen LogP contribution in [0.4, 0.5) is 5.69 Å². The van der Waals surface area contributed by atoms with Gasteiger partial charge in [-0.1, -0.05) is 0 Å². The van der Waals surface area contributed by atoms with Crippen LogP contribution in [0, 0.1) is 0 Å². The lowest BCUT2D eigenvalue weighted by Gasteiger charge is -2.32. The molecule has 112 valence electrons. The number of likely N-dealkylation sites (tertiary alicyclic amines) is 1. The number of nitrogens with zero attached hydrogens (tertiary/aromatic N) is 2. The Morgan fingerprint density at radius 1 is 1.62 bits per heavy atom. The minimum atomic E-state index is -0.0000898. The fourth-order valence-electron chi connectivity index (χ4n) is 2.74. The maximum atomic E-state index is 12.7. The van der Waals surface area contributed by atoms with Crippen LogP contribution in [0.15, 0.2) is 18.3 Å². The van der Waals surface area contributed by atoms with Crippen LogP contribution < -0.4 is 5.73 Å². The normalized spacial score (nSPS) is 19.1. The van der Waals surface area contributed by atoms with Crippen LogP contribution in [0.3, 0.4) is 0 Å². The van der Waals surface area contributed by atoms with Gasteiger partial charge in [-0.25, -0.2) is 0 Å². The zero-order chi connectivity index (χ0) is 14.8. The summed E-state index contributed by atoms with van der Waals surface area (Å²) >= 11 is 1.42. The summed E-state index contributed by atoms with van der Waals surface area (Å²) < 4.78 is 6.61. The smallest absolute Gasteiger partial charge is 0.266 e. The molecule has 1 unspecified atom stereocenters. The molecule has 0 aromatic carbocycles. The number of carbonyl (C=O) groups excluding carboxylic acids is 1. The number of rotatable bonds is 3. The lowest BCUT2D eigenvalue weighted by molar-refractivity contribution is 0.00746. The van der Waals surface area contributed by atoms with Crippen molar-refractivity contribution in [1.82, 2.24) is 9.88 Å². The highest BCUT2D eigenvalue weighted by Gasteiger charge is 2.27. The molecule has 2 aromatic heterocycles. The van der Waals surface area contributed by atoms with Crippen LogP contribution in [-0.4, -0.2) is 41.6 Å². The monoisotopic (exact) mass is 305 g/mol. The van der Waals surface area contributed by atoms with E-state index in [0.717, 1.165) is 29.6 Å². The number of pyridine rings is 1. The third-order valence-electron chi connectivity index (χ3n) is 3.74. The number of fused-ring (bicyclic) bond motifs is 1. The Labute approximate surface area is 127 Å². The van der Waals surface area contributed by atoms with E-state index in [4.69, 9.17) is 10.5 Å². The second-order valence-corrected chi connectivity index (χ2v) is 6.22. The van der Waals surface area contributed by atoms with Gasteiger partial charge in [-0.3, -0.25) is 9.78 Å². The molecule has 0 spiro atoms. The second kappa shape index (κ2) is 5.99. The number of thiophene rings is 1. The number of piperidine rings is 1. The number of anilines is 1. The van der Waals surface area contributed by atoms with Crippen molar-refractivity contribution in [1.29, 1.82) is 0 Å². The van der Waals surface area contributed by atoms with Crippen molar-refractivity contribution in [2.45, 2.75) is 25.9 Å². The quantitative estimate of drug-likeness (QED) is 0.946. The summed E-state index contributed by atoms with van der Waals surface area (Å²) in [4.78, 5) is 19.4. The van der Waals surface area contributed by atoms with Gasteiger partial charge >= 0.3 is 0 Å². The molecule has 1 saturated heterocycles. The van der Waals surface area contributed by atoms with Gasteiger partial charge in [0.25, 0.3) is 5.91 Å². The number of hydrogen-bond acceptors (Lipinski definition) is 5. The molecule has 0 saturated carbocycles. The molecule has 3 heterocycles. The van der Waals surface area contributed by atoms with Crippen LogP contribution in [0.25, 0.3) is 10.2 Å². The summed E-state index contributed by atoms with van der Waals surface area (Å²) in [6.45, 7) is 4.08. The van der Waals surface area contributed by atoms with Crippen LogP contribution in [-0.2, 0) is 4.74 Å². The Bertz CT molecular complexity index is 653. The second-order valence-electron chi connectivity index (χ2n) is 5.17. The molecule has 5 nitrogen and oxygen atoms in total. The van der Waals surface area contributed by atoms with Gasteiger partial charge in [-0.05, 0) is 31.9 Å². The highest BCUT2D eigenvalue weighted by atomic mass is 32.1. The predicted molar refractivity (Wildman–Crippen MR) is 84.6 cm³/mol. The Balaban J connectivity index is 1.84. The highest BCUT2D eigenvalue weighted by Crippen LogP contribution is 2.33. The molecular formula is C15H19N3O2S. The Morgan fingerprint density at radius 3 is 3.24 bits per heavy atom. The van der Waals surface area contributed by atoms with E-state index >= 15 is 0 Å². The summed E-state index contributed by atoms with van der Waals surface area (Å²) in [5.74, 6) is -0.0000898. The third-order valence-corrected chi connectivity index (χ3v) is 4.89. The van der Waals surface area contributed by atoms with Crippen molar-refractivity contribution in [2.24, 2.45) is 0 Å². The number of ether oxygens (including phenoxy) is 1. The minimum absolute atomic E-state index is 0.0000898. The third kappa shape index (κ3) is 2.73. The van der Waals surface area contributed by atoms with Gasteiger partial charge < -0.3 is 15.4 Å². The van der Waals surface area contributed by atoms with E-state index < -0.39 is 0 Å². The number of amides is 1. The first-order valence-corrected chi connectivity index (χ1v) is 8.06. The number of hydrogen-bond donors (Lipinski definition) is 1. The molecule has 1 atom stereocenters. The van der Waals surface area contributed by atoms with E-state index in [0.29, 0.717) is 23.7 Å². The van der Waals surface area contributed by atoms with Crippen molar-refractivity contribution in [2.75, 3.05) is 25.4 Å². The molecular weight excluding hydrogens is 286 g/mol. The molecule has 21 heavy (non-hydrogen) atoms. The van der Waals surface area contributed by atoms with Gasteiger partial charge in [-0.15, -0.1) is 11.3 Å². The first-order chi connectivity index (χ1) is 10.2. The molecule has 1 aliphatic heterocycles. The zero-order valence-electron chi connectivity index (χ0n) is 12.0. The molecule has 1 aliphatic rings. The topological polar surface area (TPSA) is 68.5 Å². The maximum Gasteiger partial charge on any atom is 0.266 e. The molecule has 6 heteroatoms. The van der Waals surface area contributed by atoms with E-state index in [2.05, 4.69) is 4.98 Å². The standard InChI is InChI=1S/C15H19N3O2S/c1-2-20-10-5-4-8-18(9-10)15(19)14-12(16)13-11(21-14)6-3-7-17-13/h3,6-7,10H,2,4-5,8-9,16H2,1H3. The SMILES string of the molecule is CCOC1CCCN(C(=O)c2sc3cccnc3c2N)C1.